The number of rotatable bonds is 4. The number of piperidine rings is 1. The molecule has 0 spiro atoms. The molecule has 8 heteroatoms. The lowest BCUT2D eigenvalue weighted by atomic mass is 9.87. The molecule has 5 nitrogen and oxygen atoms in total. The van der Waals surface area contributed by atoms with Crippen LogP contribution in [0.5, 0.6) is 0 Å². The van der Waals surface area contributed by atoms with Gasteiger partial charge in [-0.3, -0.25) is 10.2 Å². The average Bonchev–Trinajstić information content (AvgIpc) is 2.69. The van der Waals surface area contributed by atoms with E-state index in [2.05, 4.69) is 26.1 Å². The molecule has 0 atom stereocenters. The van der Waals surface area contributed by atoms with Crippen molar-refractivity contribution >= 4 is 11.8 Å². The van der Waals surface area contributed by atoms with Gasteiger partial charge in [-0.15, -0.1) is 0 Å². The van der Waals surface area contributed by atoms with Crippen molar-refractivity contribution in [3.05, 3.63) is 65.2 Å². The largest absolute Gasteiger partial charge is 0.417 e. The zero-order valence-corrected chi connectivity index (χ0v) is 18.5. The Kier molecular flexibility index (Phi) is 6.86. The van der Waals surface area contributed by atoms with Gasteiger partial charge in [-0.05, 0) is 34.7 Å². The quantitative estimate of drug-likeness (QED) is 0.601. The minimum Gasteiger partial charge on any atom is -0.417 e. The van der Waals surface area contributed by atoms with Crippen molar-refractivity contribution in [1.29, 1.82) is 0 Å². The maximum Gasteiger partial charge on any atom is 0.416 e. The van der Waals surface area contributed by atoms with Crippen LogP contribution >= 0.6 is 0 Å². The Balaban J connectivity index is 1.53. The molecule has 2 aromatic rings. The number of amides is 1. The monoisotopic (exact) mass is 450 g/mol. The van der Waals surface area contributed by atoms with Gasteiger partial charge in [0.05, 0.1) is 5.56 Å². The van der Waals surface area contributed by atoms with Crippen LogP contribution in [0.4, 0.5) is 23.7 Å². The van der Waals surface area contributed by atoms with Crippen LogP contribution in [0, 0.1) is 0 Å². The van der Waals surface area contributed by atoms with E-state index in [1.807, 2.05) is 17.0 Å². The molecule has 32 heavy (non-hydrogen) atoms. The summed E-state index contributed by atoms with van der Waals surface area (Å²) in [5.74, 6) is -1.66. The smallest absolute Gasteiger partial charge is 0.416 e. The van der Waals surface area contributed by atoms with Gasteiger partial charge in [0, 0.05) is 38.2 Å². The number of carbonyl (C=O) groups excluding carboxylic acids is 1. The lowest BCUT2D eigenvalue weighted by Crippen LogP contribution is -2.47. The molecule has 2 N–H and O–H groups in total. The second-order valence-corrected chi connectivity index (χ2v) is 9.22. The van der Waals surface area contributed by atoms with Gasteiger partial charge in [-0.2, -0.15) is 13.2 Å². The number of hydrogen-bond acceptors (Lipinski definition) is 4. The zero-order valence-electron chi connectivity index (χ0n) is 18.5. The Morgan fingerprint density at radius 3 is 2.22 bits per heavy atom. The summed E-state index contributed by atoms with van der Waals surface area (Å²) in [6.45, 7) is 6.98. The summed E-state index contributed by atoms with van der Waals surface area (Å²) >= 11 is 0. The normalized spacial score (nSPS) is 17.1. The maximum absolute atomic E-state index is 13.2. The lowest BCUT2D eigenvalue weighted by Gasteiger charge is -2.37. The van der Waals surface area contributed by atoms with Gasteiger partial charge in [0.2, 0.25) is 5.79 Å². The van der Waals surface area contributed by atoms with Crippen molar-refractivity contribution in [1.82, 2.24) is 4.90 Å². The molecule has 3 rings (SSSR count). The lowest BCUT2D eigenvalue weighted by molar-refractivity contribution is -0.186. The predicted molar refractivity (Wildman–Crippen MR) is 116 cm³/mol. The number of ether oxygens (including phenoxy) is 1. The summed E-state index contributed by atoms with van der Waals surface area (Å²) in [5, 5.41) is 13.3. The van der Waals surface area contributed by atoms with Gasteiger partial charge < -0.3 is 9.84 Å². The average molecular weight is 451 g/mol. The highest BCUT2D eigenvalue weighted by Crippen LogP contribution is 2.33. The number of likely N-dealkylation sites (tertiary alicyclic amines) is 1. The van der Waals surface area contributed by atoms with Gasteiger partial charge in [-0.1, -0.05) is 51.1 Å². The van der Waals surface area contributed by atoms with Crippen molar-refractivity contribution < 1.29 is 27.8 Å². The van der Waals surface area contributed by atoms with Crippen LogP contribution in [0.15, 0.2) is 48.5 Å². The number of benzene rings is 2. The van der Waals surface area contributed by atoms with E-state index < -0.39 is 23.6 Å². The Labute approximate surface area is 186 Å². The molecule has 0 saturated carbocycles. The fourth-order valence-electron chi connectivity index (χ4n) is 3.71. The van der Waals surface area contributed by atoms with Gasteiger partial charge in [-0.25, -0.2) is 4.79 Å². The van der Waals surface area contributed by atoms with Crippen LogP contribution in [0.1, 0.15) is 50.3 Å². The van der Waals surface area contributed by atoms with Gasteiger partial charge in [0.1, 0.15) is 0 Å². The fraction of sp³-hybridized carbons (Fsp3) is 0.458. The number of anilines is 1. The van der Waals surface area contributed by atoms with Crippen LogP contribution in [0.2, 0.25) is 0 Å². The molecule has 1 aliphatic rings. The molecule has 0 unspecified atom stereocenters. The van der Waals surface area contributed by atoms with Crippen LogP contribution in [-0.4, -0.2) is 35.0 Å². The first-order valence-electron chi connectivity index (χ1n) is 10.6. The Hall–Kier alpha value is -2.58. The number of aliphatic hydroxyl groups is 1. The van der Waals surface area contributed by atoms with Crippen molar-refractivity contribution in [3.63, 3.8) is 0 Å². The first-order valence-corrected chi connectivity index (χ1v) is 10.6. The molecule has 0 bridgehead atoms. The first kappa shape index (κ1) is 24.1. The SMILES string of the molecule is CC(C)(C)c1ccc(NC(=O)OC2(O)CCN(Cc3ccccc3C(F)(F)F)CC2)cc1. The molecule has 0 aliphatic carbocycles. The van der Waals surface area contributed by atoms with E-state index in [4.69, 9.17) is 4.74 Å². The van der Waals surface area contributed by atoms with E-state index in [0.29, 0.717) is 18.8 Å². The topological polar surface area (TPSA) is 61.8 Å². The number of hydrogen-bond donors (Lipinski definition) is 2. The third-order valence-corrected chi connectivity index (χ3v) is 5.63. The van der Waals surface area contributed by atoms with E-state index in [-0.39, 0.29) is 30.4 Å². The third-order valence-electron chi connectivity index (χ3n) is 5.63. The van der Waals surface area contributed by atoms with Crippen LogP contribution in [0.25, 0.3) is 0 Å². The van der Waals surface area contributed by atoms with E-state index >= 15 is 0 Å². The van der Waals surface area contributed by atoms with E-state index in [1.165, 1.54) is 12.1 Å². The zero-order chi connectivity index (χ0) is 23.6. The van der Waals surface area contributed by atoms with Crippen LogP contribution in [-0.2, 0) is 22.9 Å². The van der Waals surface area contributed by atoms with E-state index in [9.17, 15) is 23.1 Å². The molecule has 1 saturated heterocycles. The van der Waals surface area contributed by atoms with Gasteiger partial charge in [0.15, 0.2) is 0 Å². The molecule has 1 heterocycles. The second kappa shape index (κ2) is 9.11. The molecule has 1 aliphatic heterocycles. The number of alkyl halides is 3. The highest BCUT2D eigenvalue weighted by atomic mass is 19.4. The summed E-state index contributed by atoms with van der Waals surface area (Å²) < 4.78 is 44.9. The number of halogens is 3. The fourth-order valence-corrected chi connectivity index (χ4v) is 3.71. The molecule has 1 fully saturated rings. The third kappa shape index (κ3) is 6.23. The molecular formula is C24H29F3N2O3. The highest BCUT2D eigenvalue weighted by Gasteiger charge is 2.38. The van der Waals surface area contributed by atoms with E-state index in [0.717, 1.165) is 11.6 Å². The van der Waals surface area contributed by atoms with Crippen molar-refractivity contribution in [2.45, 2.75) is 57.5 Å². The number of nitrogens with one attached hydrogen (secondary N) is 1. The second-order valence-electron chi connectivity index (χ2n) is 9.22. The standard InChI is InChI=1S/C24H29F3N2O3/c1-22(2,3)18-8-10-19(11-9-18)28-21(30)32-23(31)12-14-29(15-13-23)16-17-6-4-5-7-20(17)24(25,26)27/h4-11,31H,12-16H2,1-3H3,(H,28,30). The maximum atomic E-state index is 13.2. The minimum absolute atomic E-state index is 0.0111. The number of carbonyl (C=O) groups is 1. The summed E-state index contributed by atoms with van der Waals surface area (Å²) in [5.41, 5.74) is 1.18. The Morgan fingerprint density at radius 2 is 1.66 bits per heavy atom. The highest BCUT2D eigenvalue weighted by molar-refractivity contribution is 5.84. The van der Waals surface area contributed by atoms with Crippen molar-refractivity contribution in [2.24, 2.45) is 0 Å². The summed E-state index contributed by atoms with van der Waals surface area (Å²) in [4.78, 5) is 14.1. The Morgan fingerprint density at radius 1 is 1.06 bits per heavy atom. The Bertz CT molecular complexity index is 929. The summed E-state index contributed by atoms with van der Waals surface area (Å²) in [6, 6.07) is 12.8. The molecule has 174 valence electrons. The van der Waals surface area contributed by atoms with E-state index in [1.54, 1.807) is 18.2 Å². The predicted octanol–water partition coefficient (Wildman–Crippen LogP) is 5.54. The minimum atomic E-state index is -4.42. The molecule has 1 amide bonds. The summed E-state index contributed by atoms with van der Waals surface area (Å²) in [7, 11) is 0. The number of nitrogens with zero attached hydrogens (tertiary/aromatic N) is 1. The van der Waals surface area contributed by atoms with Crippen LogP contribution < -0.4 is 5.32 Å². The first-order chi connectivity index (χ1) is 14.9. The molecule has 0 radical (unpaired) electrons. The van der Waals surface area contributed by atoms with Crippen molar-refractivity contribution in [3.8, 4) is 0 Å². The molecule has 2 aromatic carbocycles. The van der Waals surface area contributed by atoms with Gasteiger partial charge >= 0.3 is 12.3 Å². The summed E-state index contributed by atoms with van der Waals surface area (Å²) in [6.07, 6.45) is -4.97. The molecular weight excluding hydrogens is 421 g/mol. The van der Waals surface area contributed by atoms with Crippen LogP contribution in [0.3, 0.4) is 0 Å². The molecule has 0 aromatic heterocycles. The van der Waals surface area contributed by atoms with Crippen molar-refractivity contribution in [2.75, 3.05) is 18.4 Å². The van der Waals surface area contributed by atoms with Gasteiger partial charge in [0.25, 0.3) is 0 Å².